The van der Waals surface area contributed by atoms with Crippen molar-refractivity contribution >= 4 is 0 Å². The van der Waals surface area contributed by atoms with E-state index in [1.54, 1.807) is 0 Å². The Morgan fingerprint density at radius 1 is 1.44 bits per heavy atom. The second-order valence-electron chi connectivity index (χ2n) is 6.25. The molecular formula is C14H25N3O. The van der Waals surface area contributed by atoms with Gasteiger partial charge in [-0.25, -0.2) is 0 Å². The molecule has 0 amide bonds. The standard InChI is InChI=1S/C14H25N3O/c1-11-5-6-13(18-11)10-17-12(7-8-16-17)9-15-14(2,3)4/h7-8,11,13,15H,5-6,9-10H2,1-4H3. The first kappa shape index (κ1) is 13.6. The quantitative estimate of drug-likeness (QED) is 0.892. The van der Waals surface area contributed by atoms with Gasteiger partial charge in [-0.2, -0.15) is 5.10 Å². The first-order valence-electron chi connectivity index (χ1n) is 6.85. The maximum absolute atomic E-state index is 5.85. The number of ether oxygens (including phenoxy) is 1. The summed E-state index contributed by atoms with van der Waals surface area (Å²) in [4.78, 5) is 0. The second-order valence-corrected chi connectivity index (χ2v) is 6.25. The molecule has 102 valence electrons. The maximum atomic E-state index is 5.85. The SMILES string of the molecule is CC1CCC(Cn2nccc2CNC(C)(C)C)O1. The summed E-state index contributed by atoms with van der Waals surface area (Å²) in [6.45, 7) is 10.4. The zero-order chi connectivity index (χ0) is 13.2. The van der Waals surface area contributed by atoms with Gasteiger partial charge in [0.2, 0.25) is 0 Å². The summed E-state index contributed by atoms with van der Waals surface area (Å²) >= 11 is 0. The summed E-state index contributed by atoms with van der Waals surface area (Å²) in [5.74, 6) is 0. The molecule has 4 heteroatoms. The third-order valence-electron chi connectivity index (χ3n) is 3.30. The number of hydrogen-bond donors (Lipinski definition) is 1. The van der Waals surface area contributed by atoms with Crippen LogP contribution in [0.1, 0.15) is 46.2 Å². The van der Waals surface area contributed by atoms with Gasteiger partial charge in [0, 0.05) is 18.3 Å². The third kappa shape index (κ3) is 3.82. The number of nitrogens with zero attached hydrogens (tertiary/aromatic N) is 2. The van der Waals surface area contributed by atoms with Crippen LogP contribution in [0.4, 0.5) is 0 Å². The van der Waals surface area contributed by atoms with Crippen LogP contribution in [0.15, 0.2) is 12.3 Å². The van der Waals surface area contributed by atoms with Crippen molar-refractivity contribution in [2.24, 2.45) is 0 Å². The first-order chi connectivity index (χ1) is 8.44. The molecule has 2 heterocycles. The van der Waals surface area contributed by atoms with Crippen LogP contribution >= 0.6 is 0 Å². The van der Waals surface area contributed by atoms with Crippen LogP contribution in [0.3, 0.4) is 0 Å². The van der Waals surface area contributed by atoms with E-state index in [-0.39, 0.29) is 5.54 Å². The van der Waals surface area contributed by atoms with Crippen molar-refractivity contribution in [1.82, 2.24) is 15.1 Å². The molecule has 2 rings (SSSR count). The minimum absolute atomic E-state index is 0.132. The van der Waals surface area contributed by atoms with E-state index < -0.39 is 0 Å². The lowest BCUT2D eigenvalue weighted by Gasteiger charge is -2.21. The molecule has 0 aliphatic carbocycles. The van der Waals surface area contributed by atoms with Crippen LogP contribution in [0.2, 0.25) is 0 Å². The van der Waals surface area contributed by atoms with Crippen molar-refractivity contribution in [3.63, 3.8) is 0 Å². The number of aromatic nitrogens is 2. The van der Waals surface area contributed by atoms with Gasteiger partial charge in [-0.3, -0.25) is 4.68 Å². The molecule has 1 N–H and O–H groups in total. The lowest BCUT2D eigenvalue weighted by atomic mass is 10.1. The van der Waals surface area contributed by atoms with Crippen molar-refractivity contribution in [3.05, 3.63) is 18.0 Å². The highest BCUT2D eigenvalue weighted by Gasteiger charge is 2.23. The molecule has 2 unspecified atom stereocenters. The Bertz CT molecular complexity index is 381. The molecule has 0 bridgehead atoms. The number of nitrogens with one attached hydrogen (secondary N) is 1. The molecule has 1 aromatic rings. The van der Waals surface area contributed by atoms with Crippen molar-refractivity contribution < 1.29 is 4.74 Å². The Morgan fingerprint density at radius 2 is 2.22 bits per heavy atom. The van der Waals surface area contributed by atoms with Gasteiger partial charge >= 0.3 is 0 Å². The fourth-order valence-corrected chi connectivity index (χ4v) is 2.24. The van der Waals surface area contributed by atoms with Gasteiger partial charge in [0.1, 0.15) is 0 Å². The van der Waals surface area contributed by atoms with Crippen molar-refractivity contribution in [2.45, 2.75) is 71.4 Å². The molecule has 1 aliphatic heterocycles. The average molecular weight is 251 g/mol. The van der Waals surface area contributed by atoms with E-state index in [1.165, 1.54) is 12.1 Å². The van der Waals surface area contributed by atoms with Crippen LogP contribution in [0, 0.1) is 0 Å². The van der Waals surface area contributed by atoms with Gasteiger partial charge in [0.05, 0.1) is 24.4 Å². The normalized spacial score (nSPS) is 24.7. The Hall–Kier alpha value is -0.870. The molecule has 1 aliphatic rings. The lowest BCUT2D eigenvalue weighted by molar-refractivity contribution is 0.0431. The van der Waals surface area contributed by atoms with Crippen LogP contribution in [0.25, 0.3) is 0 Å². The Kier molecular flexibility index (Phi) is 4.07. The van der Waals surface area contributed by atoms with Gasteiger partial charge in [-0.1, -0.05) is 0 Å². The summed E-state index contributed by atoms with van der Waals surface area (Å²) in [6, 6.07) is 2.08. The fraction of sp³-hybridized carbons (Fsp3) is 0.786. The molecule has 0 aromatic carbocycles. The van der Waals surface area contributed by atoms with E-state index in [9.17, 15) is 0 Å². The van der Waals surface area contributed by atoms with Gasteiger partial charge in [0.25, 0.3) is 0 Å². The zero-order valence-electron chi connectivity index (χ0n) is 11.9. The number of hydrogen-bond acceptors (Lipinski definition) is 3. The molecule has 0 saturated carbocycles. The summed E-state index contributed by atoms with van der Waals surface area (Å²) in [6.07, 6.45) is 4.92. The molecule has 4 nitrogen and oxygen atoms in total. The maximum Gasteiger partial charge on any atom is 0.0775 e. The molecule has 1 aromatic heterocycles. The van der Waals surface area contributed by atoms with E-state index in [2.05, 4.69) is 48.9 Å². The minimum atomic E-state index is 0.132. The van der Waals surface area contributed by atoms with Gasteiger partial charge in [-0.05, 0) is 46.6 Å². The molecular weight excluding hydrogens is 226 g/mol. The van der Waals surface area contributed by atoms with Gasteiger partial charge < -0.3 is 10.1 Å². The van der Waals surface area contributed by atoms with E-state index in [4.69, 9.17) is 4.74 Å². The highest BCUT2D eigenvalue weighted by atomic mass is 16.5. The van der Waals surface area contributed by atoms with Crippen molar-refractivity contribution in [2.75, 3.05) is 0 Å². The predicted octanol–water partition coefficient (Wildman–Crippen LogP) is 2.34. The highest BCUT2D eigenvalue weighted by Crippen LogP contribution is 2.20. The summed E-state index contributed by atoms with van der Waals surface area (Å²) in [5, 5.41) is 7.90. The van der Waals surface area contributed by atoms with Gasteiger partial charge in [-0.15, -0.1) is 0 Å². The topological polar surface area (TPSA) is 39.1 Å². The molecule has 0 radical (unpaired) electrons. The Morgan fingerprint density at radius 3 is 2.83 bits per heavy atom. The van der Waals surface area contributed by atoms with E-state index >= 15 is 0 Å². The number of rotatable bonds is 4. The van der Waals surface area contributed by atoms with E-state index in [0.717, 1.165) is 19.5 Å². The van der Waals surface area contributed by atoms with Crippen molar-refractivity contribution in [3.8, 4) is 0 Å². The summed E-state index contributed by atoms with van der Waals surface area (Å²) in [5.41, 5.74) is 1.36. The van der Waals surface area contributed by atoms with E-state index in [0.29, 0.717) is 12.2 Å². The molecule has 1 saturated heterocycles. The van der Waals surface area contributed by atoms with Crippen molar-refractivity contribution in [1.29, 1.82) is 0 Å². The predicted molar refractivity (Wildman–Crippen MR) is 72.4 cm³/mol. The largest absolute Gasteiger partial charge is 0.373 e. The minimum Gasteiger partial charge on any atom is -0.373 e. The Balaban J connectivity index is 1.91. The molecule has 18 heavy (non-hydrogen) atoms. The zero-order valence-corrected chi connectivity index (χ0v) is 11.9. The van der Waals surface area contributed by atoms with Gasteiger partial charge in [0.15, 0.2) is 0 Å². The van der Waals surface area contributed by atoms with Crippen LogP contribution in [0.5, 0.6) is 0 Å². The smallest absolute Gasteiger partial charge is 0.0775 e. The highest BCUT2D eigenvalue weighted by molar-refractivity contribution is 5.01. The first-order valence-corrected chi connectivity index (χ1v) is 6.85. The average Bonchev–Trinajstić information content (AvgIpc) is 2.85. The Labute approximate surface area is 110 Å². The van der Waals surface area contributed by atoms with Crippen LogP contribution in [-0.4, -0.2) is 27.5 Å². The fourth-order valence-electron chi connectivity index (χ4n) is 2.24. The molecule has 1 fully saturated rings. The molecule has 2 atom stereocenters. The van der Waals surface area contributed by atoms with E-state index in [1.807, 2.05) is 6.20 Å². The summed E-state index contributed by atoms with van der Waals surface area (Å²) in [7, 11) is 0. The molecule has 0 spiro atoms. The van der Waals surface area contributed by atoms with Crippen LogP contribution in [-0.2, 0) is 17.8 Å². The monoisotopic (exact) mass is 251 g/mol. The van der Waals surface area contributed by atoms with Crippen LogP contribution < -0.4 is 5.32 Å². The summed E-state index contributed by atoms with van der Waals surface area (Å²) < 4.78 is 7.92. The second kappa shape index (κ2) is 5.41. The lowest BCUT2D eigenvalue weighted by Crippen LogP contribution is -2.36. The third-order valence-corrected chi connectivity index (χ3v) is 3.30.